The van der Waals surface area contributed by atoms with E-state index in [4.69, 9.17) is 22.1 Å². The minimum atomic E-state index is -0.295. The molecule has 2 rings (SSSR count). The summed E-state index contributed by atoms with van der Waals surface area (Å²) in [5.41, 5.74) is 6.66. The molecule has 0 saturated carbocycles. The minimum Gasteiger partial charge on any atom is -0.484 e. The van der Waals surface area contributed by atoms with E-state index >= 15 is 0 Å². The summed E-state index contributed by atoms with van der Waals surface area (Å²) < 4.78 is 5.41. The van der Waals surface area contributed by atoms with E-state index in [-0.39, 0.29) is 12.5 Å². The van der Waals surface area contributed by atoms with Crippen molar-refractivity contribution >= 4 is 40.6 Å². The van der Waals surface area contributed by atoms with E-state index in [9.17, 15) is 4.79 Å². The van der Waals surface area contributed by atoms with Gasteiger partial charge in [-0.05, 0) is 48.7 Å². The number of nitrogens with two attached hydrogens (primary N) is 1. The number of rotatable bonds is 5. The lowest BCUT2D eigenvalue weighted by atomic mass is 10.3. The molecule has 0 aromatic heterocycles. The van der Waals surface area contributed by atoms with Gasteiger partial charge >= 0.3 is 0 Å². The third kappa shape index (κ3) is 4.58. The number of carbonyl (C=O) groups excluding carboxylic acids is 1. The Kier molecular flexibility index (Phi) is 5.36. The molecule has 0 aliphatic carbocycles. The molecule has 4 nitrogen and oxygen atoms in total. The van der Waals surface area contributed by atoms with Crippen LogP contribution in [0.5, 0.6) is 5.75 Å². The number of ether oxygens (including phenoxy) is 1. The molecule has 0 aliphatic heterocycles. The summed E-state index contributed by atoms with van der Waals surface area (Å²) in [6, 6.07) is 12.4. The molecule has 6 heteroatoms. The number of anilines is 2. The van der Waals surface area contributed by atoms with Gasteiger partial charge in [-0.1, -0.05) is 11.6 Å². The molecular formula is C15H15ClN2O2S. The van der Waals surface area contributed by atoms with Gasteiger partial charge in [-0.2, -0.15) is 0 Å². The van der Waals surface area contributed by atoms with E-state index in [0.29, 0.717) is 22.1 Å². The van der Waals surface area contributed by atoms with E-state index < -0.39 is 0 Å². The van der Waals surface area contributed by atoms with Gasteiger partial charge in [0.25, 0.3) is 5.91 Å². The van der Waals surface area contributed by atoms with Crippen LogP contribution in [0.15, 0.2) is 47.4 Å². The van der Waals surface area contributed by atoms with E-state index in [1.165, 1.54) is 0 Å². The van der Waals surface area contributed by atoms with Crippen molar-refractivity contribution in [2.45, 2.75) is 4.90 Å². The highest BCUT2D eigenvalue weighted by Crippen LogP contribution is 2.24. The normalized spacial score (nSPS) is 10.2. The topological polar surface area (TPSA) is 64.3 Å². The van der Waals surface area contributed by atoms with Gasteiger partial charge in [0.05, 0.1) is 10.7 Å². The standard InChI is InChI=1S/C15H15ClN2O2S/c1-21-12-5-3-11(4-6-12)20-9-15(19)18-14-8-10(17)2-7-13(14)16/h2-8H,9,17H2,1H3,(H,18,19). The first-order chi connectivity index (χ1) is 10.1. The first-order valence-electron chi connectivity index (χ1n) is 6.20. The SMILES string of the molecule is CSc1ccc(OCC(=O)Nc2cc(N)ccc2Cl)cc1. The highest BCUT2D eigenvalue weighted by atomic mass is 35.5. The molecule has 0 spiro atoms. The van der Waals surface area contributed by atoms with Gasteiger partial charge < -0.3 is 15.8 Å². The molecule has 1 amide bonds. The number of halogens is 1. The van der Waals surface area contributed by atoms with Gasteiger partial charge in [-0.15, -0.1) is 11.8 Å². The van der Waals surface area contributed by atoms with Crippen molar-refractivity contribution in [2.24, 2.45) is 0 Å². The number of nitrogens with one attached hydrogen (secondary N) is 1. The van der Waals surface area contributed by atoms with Gasteiger partial charge in [0.1, 0.15) is 5.75 Å². The predicted octanol–water partition coefficient (Wildman–Crippen LogP) is 3.66. The lowest BCUT2D eigenvalue weighted by Crippen LogP contribution is -2.20. The maximum atomic E-state index is 11.8. The van der Waals surface area contributed by atoms with Gasteiger partial charge in [0, 0.05) is 10.6 Å². The average Bonchev–Trinajstić information content (AvgIpc) is 2.49. The number of benzene rings is 2. The number of hydrogen-bond donors (Lipinski definition) is 2. The molecule has 0 unspecified atom stereocenters. The Morgan fingerprint density at radius 2 is 2.00 bits per heavy atom. The Morgan fingerprint density at radius 3 is 2.67 bits per heavy atom. The molecule has 0 aliphatic rings. The van der Waals surface area contributed by atoms with Crippen LogP contribution in [0.1, 0.15) is 0 Å². The first kappa shape index (κ1) is 15.5. The highest BCUT2D eigenvalue weighted by molar-refractivity contribution is 7.98. The van der Waals surface area contributed by atoms with Crippen LogP contribution in [-0.2, 0) is 4.79 Å². The largest absolute Gasteiger partial charge is 0.484 e. The van der Waals surface area contributed by atoms with Crippen LogP contribution in [0.4, 0.5) is 11.4 Å². The van der Waals surface area contributed by atoms with E-state index in [1.54, 1.807) is 30.0 Å². The first-order valence-corrected chi connectivity index (χ1v) is 7.80. The summed E-state index contributed by atoms with van der Waals surface area (Å²) in [6.07, 6.45) is 2.00. The monoisotopic (exact) mass is 322 g/mol. The Hall–Kier alpha value is -1.85. The van der Waals surface area contributed by atoms with Crippen molar-refractivity contribution < 1.29 is 9.53 Å². The zero-order valence-electron chi connectivity index (χ0n) is 11.4. The maximum Gasteiger partial charge on any atom is 0.262 e. The van der Waals surface area contributed by atoms with Crippen molar-refractivity contribution in [3.63, 3.8) is 0 Å². The second kappa shape index (κ2) is 7.24. The number of nitrogen functional groups attached to an aromatic ring is 1. The highest BCUT2D eigenvalue weighted by Gasteiger charge is 2.07. The number of hydrogen-bond acceptors (Lipinski definition) is 4. The van der Waals surface area contributed by atoms with Crippen molar-refractivity contribution in [3.8, 4) is 5.75 Å². The number of carbonyl (C=O) groups is 1. The van der Waals surface area contributed by atoms with Gasteiger partial charge in [0.15, 0.2) is 6.61 Å². The van der Waals surface area contributed by atoms with Crippen molar-refractivity contribution in [2.75, 3.05) is 23.9 Å². The van der Waals surface area contributed by atoms with Crippen LogP contribution in [0.3, 0.4) is 0 Å². The smallest absolute Gasteiger partial charge is 0.262 e. The Bertz CT molecular complexity index is 632. The van der Waals surface area contributed by atoms with Crippen molar-refractivity contribution in [3.05, 3.63) is 47.5 Å². The molecule has 0 heterocycles. The summed E-state index contributed by atoms with van der Waals surface area (Å²) in [6.45, 7) is -0.0935. The number of amides is 1. The molecule has 2 aromatic carbocycles. The molecule has 2 aromatic rings. The predicted molar refractivity (Wildman–Crippen MR) is 88.2 cm³/mol. The summed E-state index contributed by atoms with van der Waals surface area (Å²) in [5, 5.41) is 3.10. The van der Waals surface area contributed by atoms with Gasteiger partial charge in [0.2, 0.25) is 0 Å². The summed E-state index contributed by atoms with van der Waals surface area (Å²) in [4.78, 5) is 13.0. The Balaban J connectivity index is 1.91. The van der Waals surface area contributed by atoms with Gasteiger partial charge in [-0.3, -0.25) is 4.79 Å². The van der Waals surface area contributed by atoms with Crippen molar-refractivity contribution in [1.29, 1.82) is 0 Å². The van der Waals surface area contributed by atoms with Crippen LogP contribution in [0.2, 0.25) is 5.02 Å². The quantitative estimate of drug-likeness (QED) is 0.651. The van der Waals surface area contributed by atoms with E-state index in [1.807, 2.05) is 30.5 Å². The van der Waals surface area contributed by atoms with Crippen LogP contribution in [-0.4, -0.2) is 18.8 Å². The van der Waals surface area contributed by atoms with Crippen LogP contribution in [0, 0.1) is 0 Å². The zero-order chi connectivity index (χ0) is 15.2. The lowest BCUT2D eigenvalue weighted by Gasteiger charge is -2.09. The fourth-order valence-corrected chi connectivity index (χ4v) is 2.22. The molecule has 21 heavy (non-hydrogen) atoms. The fourth-order valence-electron chi connectivity index (χ4n) is 1.65. The van der Waals surface area contributed by atoms with Crippen LogP contribution < -0.4 is 15.8 Å². The third-order valence-corrected chi connectivity index (χ3v) is 3.77. The molecule has 0 bridgehead atoms. The molecule has 0 radical (unpaired) electrons. The average molecular weight is 323 g/mol. The Labute approximate surface area is 132 Å². The van der Waals surface area contributed by atoms with Gasteiger partial charge in [-0.25, -0.2) is 0 Å². The van der Waals surface area contributed by atoms with E-state index in [2.05, 4.69) is 5.32 Å². The maximum absolute atomic E-state index is 11.8. The molecule has 110 valence electrons. The lowest BCUT2D eigenvalue weighted by molar-refractivity contribution is -0.118. The molecular weight excluding hydrogens is 308 g/mol. The fraction of sp³-hybridized carbons (Fsp3) is 0.133. The molecule has 0 fully saturated rings. The summed E-state index contributed by atoms with van der Waals surface area (Å²) in [7, 11) is 0. The summed E-state index contributed by atoms with van der Waals surface area (Å²) >= 11 is 7.62. The van der Waals surface area contributed by atoms with Crippen molar-refractivity contribution in [1.82, 2.24) is 0 Å². The number of thioether (sulfide) groups is 1. The zero-order valence-corrected chi connectivity index (χ0v) is 13.0. The minimum absolute atomic E-state index is 0.0935. The van der Waals surface area contributed by atoms with Crippen LogP contribution in [0.25, 0.3) is 0 Å². The third-order valence-electron chi connectivity index (χ3n) is 2.69. The second-order valence-corrected chi connectivity index (χ2v) is 5.54. The Morgan fingerprint density at radius 1 is 1.29 bits per heavy atom. The van der Waals surface area contributed by atoms with Crippen LogP contribution >= 0.6 is 23.4 Å². The second-order valence-electron chi connectivity index (χ2n) is 4.25. The van der Waals surface area contributed by atoms with E-state index in [0.717, 1.165) is 4.90 Å². The molecule has 0 atom stereocenters. The molecule has 3 N–H and O–H groups in total. The molecule has 0 saturated heterocycles. The summed E-state index contributed by atoms with van der Waals surface area (Å²) in [5.74, 6) is 0.345.